The Labute approximate surface area is 122 Å². The van der Waals surface area contributed by atoms with E-state index in [2.05, 4.69) is 12.1 Å². The van der Waals surface area contributed by atoms with Gasteiger partial charge < -0.3 is 0 Å². The standard InChI is InChI=1S/C16H19NO2S/c1-2-12-17(20(18)19)16-10-8-15(9-11-16)13-14-6-4-3-5-7-14/h3-11H,2,12-13H2,1H3,(H,18,19). The third kappa shape index (κ3) is 3.92. The summed E-state index contributed by atoms with van der Waals surface area (Å²) in [5.41, 5.74) is 3.24. The molecule has 0 amide bonds. The summed E-state index contributed by atoms with van der Waals surface area (Å²) in [5.74, 6) is 0. The lowest BCUT2D eigenvalue weighted by Gasteiger charge is -2.19. The smallest absolute Gasteiger partial charge is 0.261 e. The van der Waals surface area contributed by atoms with Crippen LogP contribution in [0.4, 0.5) is 5.69 Å². The van der Waals surface area contributed by atoms with Crippen molar-refractivity contribution in [3.63, 3.8) is 0 Å². The highest BCUT2D eigenvalue weighted by molar-refractivity contribution is 7.80. The number of benzene rings is 2. The third-order valence-electron chi connectivity index (χ3n) is 3.09. The summed E-state index contributed by atoms with van der Waals surface area (Å²) in [5, 5.41) is 0. The van der Waals surface area contributed by atoms with Crippen molar-refractivity contribution in [1.82, 2.24) is 0 Å². The second-order valence-corrected chi connectivity index (χ2v) is 5.56. The Morgan fingerprint density at radius 1 is 1.00 bits per heavy atom. The predicted octanol–water partition coefficient (Wildman–Crippen LogP) is 3.63. The van der Waals surface area contributed by atoms with Gasteiger partial charge in [0.25, 0.3) is 11.3 Å². The molecule has 0 aliphatic carbocycles. The monoisotopic (exact) mass is 289 g/mol. The Kier molecular flexibility index (Phi) is 5.32. The van der Waals surface area contributed by atoms with E-state index in [4.69, 9.17) is 0 Å². The van der Waals surface area contributed by atoms with Gasteiger partial charge in [0, 0.05) is 6.54 Å². The second kappa shape index (κ2) is 7.22. The Morgan fingerprint density at radius 2 is 1.60 bits per heavy atom. The van der Waals surface area contributed by atoms with Crippen LogP contribution in [0, 0.1) is 0 Å². The third-order valence-corrected chi connectivity index (χ3v) is 3.86. The number of anilines is 1. The van der Waals surface area contributed by atoms with E-state index in [-0.39, 0.29) is 0 Å². The quantitative estimate of drug-likeness (QED) is 0.825. The van der Waals surface area contributed by atoms with Crippen molar-refractivity contribution in [2.45, 2.75) is 19.8 Å². The zero-order valence-electron chi connectivity index (χ0n) is 11.5. The molecule has 4 heteroatoms. The first kappa shape index (κ1) is 14.8. The summed E-state index contributed by atoms with van der Waals surface area (Å²) in [6.07, 6.45) is 1.70. The zero-order chi connectivity index (χ0) is 14.4. The van der Waals surface area contributed by atoms with Crippen molar-refractivity contribution in [2.24, 2.45) is 0 Å². The molecule has 1 atom stereocenters. The van der Waals surface area contributed by atoms with Gasteiger partial charge in [-0.3, -0.25) is 8.86 Å². The summed E-state index contributed by atoms with van der Waals surface area (Å²) in [6.45, 7) is 2.56. The van der Waals surface area contributed by atoms with Crippen molar-refractivity contribution in [1.29, 1.82) is 0 Å². The zero-order valence-corrected chi connectivity index (χ0v) is 12.3. The SMILES string of the molecule is CCCN(c1ccc(Cc2ccccc2)cc1)S(=O)O. The normalized spacial score (nSPS) is 12.1. The lowest BCUT2D eigenvalue weighted by atomic mass is 10.0. The maximum Gasteiger partial charge on any atom is 0.261 e. The van der Waals surface area contributed by atoms with E-state index in [1.54, 1.807) is 0 Å². The Balaban J connectivity index is 2.11. The fourth-order valence-corrected chi connectivity index (χ4v) is 2.75. The highest BCUT2D eigenvalue weighted by Gasteiger charge is 2.10. The molecule has 2 aromatic carbocycles. The molecule has 0 saturated carbocycles. The number of hydrogen-bond acceptors (Lipinski definition) is 1. The molecule has 0 aliphatic heterocycles. The molecule has 20 heavy (non-hydrogen) atoms. The lowest BCUT2D eigenvalue weighted by molar-refractivity contribution is 0.558. The van der Waals surface area contributed by atoms with Crippen LogP contribution in [-0.2, 0) is 17.7 Å². The van der Waals surface area contributed by atoms with Gasteiger partial charge in [0.05, 0.1) is 5.69 Å². The maximum atomic E-state index is 11.3. The molecule has 0 radical (unpaired) electrons. The largest absolute Gasteiger partial charge is 0.289 e. The summed E-state index contributed by atoms with van der Waals surface area (Å²) in [7, 11) is 0. The van der Waals surface area contributed by atoms with E-state index in [1.165, 1.54) is 15.4 Å². The van der Waals surface area contributed by atoms with Gasteiger partial charge in [0.1, 0.15) is 0 Å². The molecule has 0 aliphatic rings. The first-order valence-corrected chi connectivity index (χ1v) is 7.78. The molecule has 0 heterocycles. The molecule has 2 aromatic rings. The minimum atomic E-state index is -1.97. The number of nitrogens with zero attached hydrogens (tertiary/aromatic N) is 1. The van der Waals surface area contributed by atoms with Crippen LogP contribution in [0.1, 0.15) is 24.5 Å². The molecule has 0 fully saturated rings. The number of rotatable bonds is 6. The van der Waals surface area contributed by atoms with E-state index in [0.29, 0.717) is 6.54 Å². The second-order valence-electron chi connectivity index (χ2n) is 4.66. The van der Waals surface area contributed by atoms with E-state index >= 15 is 0 Å². The van der Waals surface area contributed by atoms with Crippen LogP contribution in [0.25, 0.3) is 0 Å². The van der Waals surface area contributed by atoms with Crippen molar-refractivity contribution in [2.75, 3.05) is 10.8 Å². The lowest BCUT2D eigenvalue weighted by Crippen LogP contribution is -2.25. The van der Waals surface area contributed by atoms with Gasteiger partial charge in [-0.2, -0.15) is 0 Å². The van der Waals surface area contributed by atoms with Crippen LogP contribution in [0.2, 0.25) is 0 Å². The average Bonchev–Trinajstić information content (AvgIpc) is 2.47. The van der Waals surface area contributed by atoms with Crippen LogP contribution in [0.5, 0.6) is 0 Å². The minimum absolute atomic E-state index is 0.571. The van der Waals surface area contributed by atoms with Gasteiger partial charge in [-0.25, -0.2) is 4.21 Å². The fourth-order valence-electron chi connectivity index (χ4n) is 2.11. The van der Waals surface area contributed by atoms with Gasteiger partial charge in [0.2, 0.25) is 0 Å². The van der Waals surface area contributed by atoms with Gasteiger partial charge in [0.15, 0.2) is 0 Å². The molecular weight excluding hydrogens is 270 g/mol. The molecule has 0 aromatic heterocycles. The van der Waals surface area contributed by atoms with Crippen LogP contribution in [0.3, 0.4) is 0 Å². The summed E-state index contributed by atoms with van der Waals surface area (Å²) >= 11 is -1.97. The van der Waals surface area contributed by atoms with Crippen molar-refractivity contribution < 1.29 is 8.76 Å². The van der Waals surface area contributed by atoms with Gasteiger partial charge in [-0.1, -0.05) is 49.4 Å². The first-order chi connectivity index (χ1) is 9.70. The molecule has 1 unspecified atom stereocenters. The highest BCUT2D eigenvalue weighted by Crippen LogP contribution is 2.18. The molecule has 2 rings (SSSR count). The van der Waals surface area contributed by atoms with E-state index in [9.17, 15) is 8.76 Å². The van der Waals surface area contributed by atoms with Crippen LogP contribution in [-0.4, -0.2) is 15.3 Å². The first-order valence-electron chi connectivity index (χ1n) is 6.72. The maximum absolute atomic E-state index is 11.3. The van der Waals surface area contributed by atoms with E-state index in [1.807, 2.05) is 49.4 Å². The van der Waals surface area contributed by atoms with Crippen molar-refractivity contribution in [3.05, 3.63) is 65.7 Å². The topological polar surface area (TPSA) is 40.5 Å². The van der Waals surface area contributed by atoms with Gasteiger partial charge in [-0.05, 0) is 36.1 Å². The summed E-state index contributed by atoms with van der Waals surface area (Å²) in [4.78, 5) is 0. The summed E-state index contributed by atoms with van der Waals surface area (Å²) in [6, 6.07) is 18.1. The Hall–Kier alpha value is -1.65. The van der Waals surface area contributed by atoms with Gasteiger partial charge >= 0.3 is 0 Å². The van der Waals surface area contributed by atoms with Crippen LogP contribution in [0.15, 0.2) is 54.6 Å². The number of hydrogen-bond donors (Lipinski definition) is 1. The molecular formula is C16H19NO2S. The summed E-state index contributed by atoms with van der Waals surface area (Å²) < 4.78 is 22.1. The van der Waals surface area contributed by atoms with E-state index < -0.39 is 11.3 Å². The molecule has 106 valence electrons. The Morgan fingerprint density at radius 3 is 2.15 bits per heavy atom. The minimum Gasteiger partial charge on any atom is -0.289 e. The van der Waals surface area contributed by atoms with Crippen molar-refractivity contribution >= 4 is 17.0 Å². The predicted molar refractivity (Wildman–Crippen MR) is 84.1 cm³/mol. The van der Waals surface area contributed by atoms with E-state index in [0.717, 1.165) is 18.5 Å². The molecule has 1 N–H and O–H groups in total. The van der Waals surface area contributed by atoms with Crippen molar-refractivity contribution in [3.8, 4) is 0 Å². The van der Waals surface area contributed by atoms with Gasteiger partial charge in [-0.15, -0.1) is 0 Å². The van der Waals surface area contributed by atoms with Crippen LogP contribution >= 0.6 is 0 Å². The highest BCUT2D eigenvalue weighted by atomic mass is 32.2. The molecule has 0 spiro atoms. The van der Waals surface area contributed by atoms with Crippen LogP contribution < -0.4 is 4.31 Å². The average molecular weight is 289 g/mol. The molecule has 0 bridgehead atoms. The Bertz CT molecular complexity index is 554. The molecule has 0 saturated heterocycles. The fraction of sp³-hybridized carbons (Fsp3) is 0.250. The molecule has 3 nitrogen and oxygen atoms in total.